The minimum Gasteiger partial charge on any atom is -0.357 e. The standard InChI is InChI=1S/C20H27N5O/c1-20(2,3)25-17(12-16(23-25)14-6-7-14)19(26)22-15-8-9-18(21-13-15)24-10-4-5-11-24/h8-9,12-14H,4-7,10-11H2,1-3H3,(H,22,26). The lowest BCUT2D eigenvalue weighted by Gasteiger charge is -2.22. The first-order valence-electron chi connectivity index (χ1n) is 9.54. The quantitative estimate of drug-likeness (QED) is 0.909. The molecular weight excluding hydrogens is 326 g/mol. The molecule has 2 aliphatic rings. The van der Waals surface area contributed by atoms with E-state index >= 15 is 0 Å². The summed E-state index contributed by atoms with van der Waals surface area (Å²) in [6, 6.07) is 5.86. The van der Waals surface area contributed by atoms with E-state index in [1.54, 1.807) is 6.20 Å². The topological polar surface area (TPSA) is 63.1 Å². The number of nitrogens with one attached hydrogen (secondary N) is 1. The first-order valence-corrected chi connectivity index (χ1v) is 9.54. The van der Waals surface area contributed by atoms with Crippen molar-refractivity contribution in [1.29, 1.82) is 0 Å². The SMILES string of the molecule is CC(C)(C)n1nc(C2CC2)cc1C(=O)Nc1ccc(N2CCCC2)nc1. The van der Waals surface area contributed by atoms with Crippen molar-refractivity contribution in [2.24, 2.45) is 0 Å². The Morgan fingerprint density at radius 2 is 1.92 bits per heavy atom. The van der Waals surface area contributed by atoms with E-state index in [4.69, 9.17) is 5.10 Å². The first kappa shape index (κ1) is 17.1. The largest absolute Gasteiger partial charge is 0.357 e. The molecule has 0 atom stereocenters. The van der Waals surface area contributed by atoms with Crippen molar-refractivity contribution in [3.63, 3.8) is 0 Å². The van der Waals surface area contributed by atoms with E-state index in [9.17, 15) is 4.79 Å². The van der Waals surface area contributed by atoms with Gasteiger partial charge < -0.3 is 10.2 Å². The molecule has 1 saturated carbocycles. The summed E-state index contributed by atoms with van der Waals surface area (Å²) >= 11 is 0. The lowest BCUT2D eigenvalue weighted by atomic mass is 10.1. The van der Waals surface area contributed by atoms with Gasteiger partial charge in [0.25, 0.3) is 5.91 Å². The minimum absolute atomic E-state index is 0.130. The Morgan fingerprint density at radius 1 is 1.19 bits per heavy atom. The molecule has 0 unspecified atom stereocenters. The number of nitrogens with zero attached hydrogens (tertiary/aromatic N) is 4. The average molecular weight is 353 g/mol. The van der Waals surface area contributed by atoms with Gasteiger partial charge in [-0.15, -0.1) is 0 Å². The Kier molecular flexibility index (Phi) is 4.21. The molecule has 1 aliphatic heterocycles. The van der Waals surface area contributed by atoms with Gasteiger partial charge in [0.05, 0.1) is 23.1 Å². The van der Waals surface area contributed by atoms with Crippen molar-refractivity contribution >= 4 is 17.4 Å². The van der Waals surface area contributed by atoms with E-state index in [2.05, 4.69) is 36.0 Å². The van der Waals surface area contributed by atoms with E-state index in [1.165, 1.54) is 25.7 Å². The molecule has 4 rings (SSSR count). The highest BCUT2D eigenvalue weighted by Gasteiger charge is 2.31. The van der Waals surface area contributed by atoms with Gasteiger partial charge in [0.1, 0.15) is 11.5 Å². The molecule has 0 bridgehead atoms. The normalized spacial score (nSPS) is 17.6. The number of hydrogen-bond donors (Lipinski definition) is 1. The molecule has 2 aromatic heterocycles. The fourth-order valence-corrected chi connectivity index (χ4v) is 3.44. The summed E-state index contributed by atoms with van der Waals surface area (Å²) in [5.74, 6) is 1.37. The van der Waals surface area contributed by atoms with Crippen LogP contribution in [-0.2, 0) is 5.54 Å². The van der Waals surface area contributed by atoms with Crippen molar-refractivity contribution in [3.8, 4) is 0 Å². The molecule has 1 amide bonds. The molecule has 0 spiro atoms. The highest BCUT2D eigenvalue weighted by Crippen LogP contribution is 2.40. The van der Waals surface area contributed by atoms with Gasteiger partial charge in [-0.05, 0) is 64.7 Å². The Bertz CT molecular complexity index is 793. The zero-order valence-corrected chi connectivity index (χ0v) is 15.8. The predicted octanol–water partition coefficient (Wildman–Crippen LogP) is 3.76. The van der Waals surface area contributed by atoms with Crippen LogP contribution in [0.3, 0.4) is 0 Å². The number of anilines is 2. The number of amides is 1. The highest BCUT2D eigenvalue weighted by atomic mass is 16.2. The molecular formula is C20H27N5O. The Morgan fingerprint density at radius 3 is 2.50 bits per heavy atom. The fraction of sp³-hybridized carbons (Fsp3) is 0.550. The van der Waals surface area contributed by atoms with Gasteiger partial charge in [-0.1, -0.05) is 0 Å². The van der Waals surface area contributed by atoms with Gasteiger partial charge in [0.15, 0.2) is 0 Å². The van der Waals surface area contributed by atoms with E-state index in [0.29, 0.717) is 17.3 Å². The van der Waals surface area contributed by atoms with Gasteiger partial charge in [-0.25, -0.2) is 4.98 Å². The summed E-state index contributed by atoms with van der Waals surface area (Å²) in [6.45, 7) is 8.33. The second-order valence-electron chi connectivity index (χ2n) is 8.36. The monoisotopic (exact) mass is 353 g/mol. The first-order chi connectivity index (χ1) is 12.4. The third-order valence-electron chi connectivity index (χ3n) is 5.03. The van der Waals surface area contributed by atoms with Gasteiger partial charge in [-0.2, -0.15) is 5.10 Å². The number of carbonyl (C=O) groups excluding carboxylic acids is 1. The second kappa shape index (κ2) is 6.41. The van der Waals surface area contributed by atoms with Crippen molar-refractivity contribution in [1.82, 2.24) is 14.8 Å². The van der Waals surface area contributed by atoms with Crippen molar-refractivity contribution in [2.75, 3.05) is 23.3 Å². The lowest BCUT2D eigenvalue weighted by Crippen LogP contribution is -2.29. The van der Waals surface area contributed by atoms with Crippen LogP contribution < -0.4 is 10.2 Å². The molecule has 26 heavy (non-hydrogen) atoms. The summed E-state index contributed by atoms with van der Waals surface area (Å²) in [5, 5.41) is 7.69. The zero-order valence-electron chi connectivity index (χ0n) is 15.8. The molecule has 6 heteroatoms. The maximum atomic E-state index is 12.9. The zero-order chi connectivity index (χ0) is 18.3. The molecule has 138 valence electrons. The second-order valence-corrected chi connectivity index (χ2v) is 8.36. The summed E-state index contributed by atoms with van der Waals surface area (Å²) < 4.78 is 1.85. The van der Waals surface area contributed by atoms with Crippen LogP contribution in [0.4, 0.5) is 11.5 Å². The fourth-order valence-electron chi connectivity index (χ4n) is 3.44. The number of carbonyl (C=O) groups is 1. The van der Waals surface area contributed by atoms with Gasteiger partial charge >= 0.3 is 0 Å². The molecule has 2 fully saturated rings. The van der Waals surface area contributed by atoms with Crippen LogP contribution in [0.1, 0.15) is 68.6 Å². The van der Waals surface area contributed by atoms with Gasteiger partial charge in [0.2, 0.25) is 0 Å². The summed E-state index contributed by atoms with van der Waals surface area (Å²) in [6.07, 6.45) is 6.53. The van der Waals surface area contributed by atoms with E-state index in [0.717, 1.165) is 24.6 Å². The minimum atomic E-state index is -0.238. The maximum absolute atomic E-state index is 12.9. The van der Waals surface area contributed by atoms with Crippen molar-refractivity contribution < 1.29 is 4.79 Å². The average Bonchev–Trinajstić information content (AvgIpc) is 3.12. The summed E-state index contributed by atoms with van der Waals surface area (Å²) in [5.41, 5.74) is 2.13. The number of hydrogen-bond acceptors (Lipinski definition) is 4. The number of pyridine rings is 1. The number of aromatic nitrogens is 3. The molecule has 0 aromatic carbocycles. The molecule has 1 N–H and O–H groups in total. The van der Waals surface area contributed by atoms with Crippen LogP contribution in [0.5, 0.6) is 0 Å². The smallest absolute Gasteiger partial charge is 0.274 e. The molecule has 2 aromatic rings. The van der Waals surface area contributed by atoms with Crippen LogP contribution >= 0.6 is 0 Å². The third-order valence-corrected chi connectivity index (χ3v) is 5.03. The van der Waals surface area contributed by atoms with E-state index < -0.39 is 0 Å². The molecule has 1 saturated heterocycles. The highest BCUT2D eigenvalue weighted by molar-refractivity contribution is 6.03. The van der Waals surface area contributed by atoms with Crippen molar-refractivity contribution in [2.45, 2.75) is 57.9 Å². The molecule has 6 nitrogen and oxygen atoms in total. The summed E-state index contributed by atoms with van der Waals surface area (Å²) in [4.78, 5) is 19.7. The van der Waals surface area contributed by atoms with Crippen LogP contribution in [0.25, 0.3) is 0 Å². The third kappa shape index (κ3) is 3.45. The van der Waals surface area contributed by atoms with Crippen LogP contribution in [0.15, 0.2) is 24.4 Å². The maximum Gasteiger partial charge on any atom is 0.274 e. The Hall–Kier alpha value is -2.37. The van der Waals surface area contributed by atoms with Crippen LogP contribution in [-0.4, -0.2) is 33.8 Å². The Labute approximate surface area is 154 Å². The predicted molar refractivity (Wildman–Crippen MR) is 103 cm³/mol. The lowest BCUT2D eigenvalue weighted by molar-refractivity contribution is 0.100. The van der Waals surface area contributed by atoms with Gasteiger partial charge in [0, 0.05) is 19.0 Å². The number of rotatable bonds is 4. The summed E-state index contributed by atoms with van der Waals surface area (Å²) in [7, 11) is 0. The molecule has 1 aliphatic carbocycles. The van der Waals surface area contributed by atoms with Gasteiger partial charge in [-0.3, -0.25) is 9.48 Å². The molecule has 3 heterocycles. The van der Waals surface area contributed by atoms with Crippen LogP contribution in [0.2, 0.25) is 0 Å². The van der Waals surface area contributed by atoms with E-state index in [1.807, 2.05) is 22.9 Å². The van der Waals surface area contributed by atoms with Crippen LogP contribution in [0, 0.1) is 0 Å². The van der Waals surface area contributed by atoms with E-state index in [-0.39, 0.29) is 11.4 Å². The van der Waals surface area contributed by atoms with Crippen molar-refractivity contribution in [3.05, 3.63) is 35.8 Å². The molecule has 0 radical (unpaired) electrons. The Balaban J connectivity index is 1.52.